The second-order valence-electron chi connectivity index (χ2n) is 6.80. The lowest BCUT2D eigenvalue weighted by atomic mass is 10.3. The summed E-state index contributed by atoms with van der Waals surface area (Å²) in [4.78, 5) is 28.6. The van der Waals surface area contributed by atoms with Crippen molar-refractivity contribution in [3.05, 3.63) is 76.9 Å². The summed E-state index contributed by atoms with van der Waals surface area (Å²) >= 11 is 0. The van der Waals surface area contributed by atoms with Gasteiger partial charge in [-0.1, -0.05) is 0 Å². The Labute approximate surface area is 177 Å². The second-order valence-corrected chi connectivity index (χ2v) is 8.74. The molecule has 2 aromatic heterocycles. The van der Waals surface area contributed by atoms with Crippen molar-refractivity contribution in [1.29, 1.82) is 0 Å². The number of piperazine rings is 1. The van der Waals surface area contributed by atoms with E-state index in [1.54, 1.807) is 35.4 Å². The summed E-state index contributed by atoms with van der Waals surface area (Å²) in [7, 11) is -3.65. The van der Waals surface area contributed by atoms with Gasteiger partial charge in [-0.15, -0.1) is 0 Å². The third kappa shape index (κ3) is 4.15. The molecule has 1 fully saturated rings. The average Bonchev–Trinajstić information content (AvgIpc) is 3.29. The number of nitro benzene ring substituents is 1. The van der Waals surface area contributed by atoms with E-state index in [1.165, 1.54) is 39.6 Å². The van der Waals surface area contributed by atoms with Crippen LogP contribution in [-0.4, -0.2) is 69.4 Å². The van der Waals surface area contributed by atoms with E-state index < -0.39 is 14.9 Å². The van der Waals surface area contributed by atoms with Gasteiger partial charge in [0.05, 0.1) is 10.6 Å². The molecule has 4 rings (SSSR count). The number of carbonyl (C=O) groups is 1. The third-order valence-corrected chi connectivity index (χ3v) is 6.81. The van der Waals surface area contributed by atoms with Crippen molar-refractivity contribution in [2.45, 2.75) is 4.90 Å². The van der Waals surface area contributed by atoms with Crippen LogP contribution in [0.15, 0.2) is 66.0 Å². The zero-order valence-electron chi connectivity index (χ0n) is 16.2. The lowest BCUT2D eigenvalue weighted by Gasteiger charge is -2.33. The maximum Gasteiger partial charge on any atom is 0.274 e. The molecule has 0 unspecified atom stereocenters. The number of hydrogen-bond acceptors (Lipinski definition) is 7. The summed E-state index contributed by atoms with van der Waals surface area (Å²) in [6.07, 6.45) is 4.40. The molecule has 1 aliphatic heterocycles. The lowest BCUT2D eigenvalue weighted by Crippen LogP contribution is -2.50. The molecule has 3 heterocycles. The van der Waals surface area contributed by atoms with Gasteiger partial charge in [0.1, 0.15) is 4.90 Å². The fraction of sp³-hybridized carbons (Fsp3) is 0.211. The molecule has 31 heavy (non-hydrogen) atoms. The van der Waals surface area contributed by atoms with Crippen molar-refractivity contribution in [2.24, 2.45) is 0 Å². The number of rotatable bonds is 5. The van der Waals surface area contributed by atoms with Crippen molar-refractivity contribution in [2.75, 3.05) is 26.2 Å². The second kappa shape index (κ2) is 8.24. The van der Waals surface area contributed by atoms with E-state index in [9.17, 15) is 23.3 Å². The van der Waals surface area contributed by atoms with Gasteiger partial charge in [0, 0.05) is 56.9 Å². The molecule has 1 saturated heterocycles. The molecule has 1 aliphatic rings. The van der Waals surface area contributed by atoms with E-state index in [1.807, 2.05) is 0 Å². The van der Waals surface area contributed by atoms with Crippen LogP contribution in [0, 0.1) is 10.1 Å². The minimum absolute atomic E-state index is 0.0358. The molecule has 1 amide bonds. The van der Waals surface area contributed by atoms with Crippen molar-refractivity contribution < 1.29 is 18.1 Å². The molecular weight excluding hydrogens is 424 g/mol. The molecule has 0 radical (unpaired) electrons. The number of benzene rings is 1. The number of hydrogen-bond donors (Lipinski definition) is 0. The monoisotopic (exact) mass is 442 g/mol. The van der Waals surface area contributed by atoms with Crippen molar-refractivity contribution in [3.63, 3.8) is 0 Å². The van der Waals surface area contributed by atoms with Crippen LogP contribution in [0.4, 0.5) is 5.69 Å². The van der Waals surface area contributed by atoms with Crippen LogP contribution >= 0.6 is 0 Å². The molecule has 0 aliphatic carbocycles. The first-order valence-corrected chi connectivity index (χ1v) is 10.8. The maximum atomic E-state index is 12.8. The van der Waals surface area contributed by atoms with Crippen LogP contribution < -0.4 is 0 Å². The Kier molecular flexibility index (Phi) is 5.48. The Bertz CT molecular complexity index is 1200. The Hall–Kier alpha value is -3.64. The van der Waals surface area contributed by atoms with Gasteiger partial charge in [-0.05, 0) is 30.3 Å². The van der Waals surface area contributed by atoms with E-state index in [2.05, 4.69) is 10.1 Å². The van der Waals surface area contributed by atoms with Crippen LogP contribution in [-0.2, 0) is 10.0 Å². The van der Waals surface area contributed by atoms with Gasteiger partial charge < -0.3 is 4.90 Å². The SMILES string of the molecule is O=C(c1ccn(-c2ccc([N+](=O)[O-])cc2)n1)N1CCN(S(=O)(=O)c2cccnc2)CC1. The van der Waals surface area contributed by atoms with E-state index in [-0.39, 0.29) is 48.4 Å². The summed E-state index contributed by atoms with van der Waals surface area (Å²) in [5.41, 5.74) is 0.755. The number of aromatic nitrogens is 3. The topological polar surface area (TPSA) is 132 Å². The Morgan fingerprint density at radius 3 is 2.35 bits per heavy atom. The number of sulfonamides is 1. The van der Waals surface area contributed by atoms with E-state index >= 15 is 0 Å². The molecule has 1 aromatic carbocycles. The van der Waals surface area contributed by atoms with Gasteiger partial charge in [-0.25, -0.2) is 13.1 Å². The highest BCUT2D eigenvalue weighted by Gasteiger charge is 2.31. The van der Waals surface area contributed by atoms with E-state index in [4.69, 9.17) is 0 Å². The van der Waals surface area contributed by atoms with Gasteiger partial charge in [0.2, 0.25) is 10.0 Å². The van der Waals surface area contributed by atoms with Crippen LogP contribution in [0.2, 0.25) is 0 Å². The third-order valence-electron chi connectivity index (χ3n) is 4.93. The molecule has 11 nitrogen and oxygen atoms in total. The summed E-state index contributed by atoms with van der Waals surface area (Å²) in [6, 6.07) is 10.4. The van der Waals surface area contributed by atoms with Crippen molar-refractivity contribution >= 4 is 21.6 Å². The number of carbonyl (C=O) groups excluding carboxylic acids is 1. The molecule has 3 aromatic rings. The number of nitro groups is 1. The van der Waals surface area contributed by atoms with E-state index in [0.29, 0.717) is 5.69 Å². The predicted molar refractivity (Wildman–Crippen MR) is 109 cm³/mol. The molecule has 0 bridgehead atoms. The smallest absolute Gasteiger partial charge is 0.274 e. The fourth-order valence-electron chi connectivity index (χ4n) is 3.25. The molecular formula is C19H18N6O5S. The number of amides is 1. The van der Waals surface area contributed by atoms with Crippen molar-refractivity contribution in [3.8, 4) is 5.69 Å². The zero-order chi connectivity index (χ0) is 22.0. The van der Waals surface area contributed by atoms with Crippen LogP contribution in [0.25, 0.3) is 5.69 Å². The highest BCUT2D eigenvalue weighted by Crippen LogP contribution is 2.18. The van der Waals surface area contributed by atoms with Gasteiger partial charge in [-0.3, -0.25) is 19.9 Å². The van der Waals surface area contributed by atoms with Crippen LogP contribution in [0.3, 0.4) is 0 Å². The molecule has 160 valence electrons. The minimum Gasteiger partial charge on any atom is -0.335 e. The Morgan fingerprint density at radius 2 is 1.74 bits per heavy atom. The lowest BCUT2D eigenvalue weighted by molar-refractivity contribution is -0.384. The molecule has 0 atom stereocenters. The Balaban J connectivity index is 1.42. The number of pyridine rings is 1. The zero-order valence-corrected chi connectivity index (χ0v) is 17.1. The van der Waals surface area contributed by atoms with Gasteiger partial charge in [-0.2, -0.15) is 9.40 Å². The number of non-ortho nitro benzene ring substituents is 1. The highest BCUT2D eigenvalue weighted by molar-refractivity contribution is 7.89. The normalized spacial score (nSPS) is 15.0. The standard InChI is InChI=1S/C19H18N6O5S/c26-19(18-7-9-24(21-18)15-3-5-16(6-4-15)25(27)28)22-10-12-23(13-11-22)31(29,30)17-2-1-8-20-14-17/h1-9,14H,10-13H2. The van der Waals surface area contributed by atoms with Crippen LogP contribution in [0.1, 0.15) is 10.5 Å². The first-order chi connectivity index (χ1) is 14.9. The van der Waals surface area contributed by atoms with Gasteiger partial charge in [0.25, 0.3) is 11.6 Å². The first-order valence-electron chi connectivity index (χ1n) is 9.36. The van der Waals surface area contributed by atoms with E-state index in [0.717, 1.165) is 0 Å². The molecule has 0 saturated carbocycles. The minimum atomic E-state index is -3.65. The Morgan fingerprint density at radius 1 is 1.03 bits per heavy atom. The van der Waals surface area contributed by atoms with Gasteiger partial charge in [0.15, 0.2) is 5.69 Å². The summed E-state index contributed by atoms with van der Waals surface area (Å²) in [6.45, 7) is 0.823. The van der Waals surface area contributed by atoms with Crippen LogP contribution in [0.5, 0.6) is 0 Å². The molecule has 0 N–H and O–H groups in total. The fourth-order valence-corrected chi connectivity index (χ4v) is 4.64. The number of nitrogens with zero attached hydrogens (tertiary/aromatic N) is 6. The highest BCUT2D eigenvalue weighted by atomic mass is 32.2. The quantitative estimate of drug-likeness (QED) is 0.430. The first kappa shape index (κ1) is 20.6. The summed E-state index contributed by atoms with van der Waals surface area (Å²) in [5.74, 6) is -0.306. The molecule has 0 spiro atoms. The maximum absolute atomic E-state index is 12.8. The predicted octanol–water partition coefficient (Wildman–Crippen LogP) is 1.32. The average molecular weight is 442 g/mol. The summed E-state index contributed by atoms with van der Waals surface area (Å²) < 4.78 is 28.2. The largest absolute Gasteiger partial charge is 0.335 e. The summed E-state index contributed by atoms with van der Waals surface area (Å²) in [5, 5.41) is 15.0. The molecule has 12 heteroatoms. The van der Waals surface area contributed by atoms with Gasteiger partial charge >= 0.3 is 0 Å². The van der Waals surface area contributed by atoms with Crippen molar-refractivity contribution in [1.82, 2.24) is 24.0 Å².